The summed E-state index contributed by atoms with van der Waals surface area (Å²) in [6.07, 6.45) is 6.48. The van der Waals surface area contributed by atoms with Gasteiger partial charge in [-0.15, -0.1) is 0 Å². The molecule has 0 spiro atoms. The summed E-state index contributed by atoms with van der Waals surface area (Å²) in [5, 5.41) is 21.6. The summed E-state index contributed by atoms with van der Waals surface area (Å²) in [4.78, 5) is 16.8. The first-order valence-corrected chi connectivity index (χ1v) is 7.24. The van der Waals surface area contributed by atoms with Gasteiger partial charge >= 0.3 is 0 Å². The molecule has 1 aromatic rings. The lowest BCUT2D eigenvalue weighted by molar-refractivity contribution is -0.129. The number of nitrogens with zero attached hydrogens (tertiary/aromatic N) is 3. The third-order valence-electron chi connectivity index (χ3n) is 4.18. The van der Waals surface area contributed by atoms with E-state index in [9.17, 15) is 4.79 Å². The molecular formula is C13H22N6O2. The molecule has 1 aliphatic carbocycles. The van der Waals surface area contributed by atoms with E-state index in [1.54, 1.807) is 0 Å². The van der Waals surface area contributed by atoms with Gasteiger partial charge in [0, 0.05) is 0 Å². The van der Waals surface area contributed by atoms with E-state index < -0.39 is 5.41 Å². The van der Waals surface area contributed by atoms with Gasteiger partial charge in [0.15, 0.2) is 5.84 Å². The number of hydrogen-bond donors (Lipinski definition) is 4. The Morgan fingerprint density at radius 1 is 1.48 bits per heavy atom. The molecule has 0 radical (unpaired) electrons. The van der Waals surface area contributed by atoms with Crippen LogP contribution in [0.1, 0.15) is 57.3 Å². The normalized spacial score (nSPS) is 20.5. The number of nitrogens with two attached hydrogens (primary N) is 1. The molecule has 8 nitrogen and oxygen atoms in total. The molecule has 1 aliphatic rings. The fraction of sp³-hybridized carbons (Fsp3) is 0.692. The van der Waals surface area contributed by atoms with Crippen LogP contribution >= 0.6 is 0 Å². The van der Waals surface area contributed by atoms with Crippen LogP contribution in [0.25, 0.3) is 0 Å². The van der Waals surface area contributed by atoms with Crippen LogP contribution in [0.4, 0.5) is 0 Å². The zero-order valence-corrected chi connectivity index (χ0v) is 12.2. The first kappa shape index (κ1) is 15.3. The van der Waals surface area contributed by atoms with Crippen LogP contribution in [0.5, 0.6) is 0 Å². The summed E-state index contributed by atoms with van der Waals surface area (Å²) in [5.41, 5.74) is 4.92. The Morgan fingerprint density at radius 2 is 2.14 bits per heavy atom. The van der Waals surface area contributed by atoms with Gasteiger partial charge < -0.3 is 16.3 Å². The molecule has 0 bridgehead atoms. The molecule has 1 fully saturated rings. The molecule has 0 aromatic carbocycles. The first-order valence-electron chi connectivity index (χ1n) is 7.24. The highest BCUT2D eigenvalue weighted by molar-refractivity contribution is 6.06. The molecule has 2 rings (SSSR count). The number of H-pyrrole nitrogens is 1. The number of rotatable bonds is 4. The Kier molecular flexibility index (Phi) is 4.77. The molecule has 1 aromatic heterocycles. The van der Waals surface area contributed by atoms with E-state index in [1.807, 2.05) is 6.92 Å². The van der Waals surface area contributed by atoms with Crippen molar-refractivity contribution < 1.29 is 10.0 Å². The SMILES string of the molecule is CC(NC(=O)C1(C(N)=NO)CCCCCC1)c1ncn[nH]1. The van der Waals surface area contributed by atoms with Crippen molar-refractivity contribution in [2.24, 2.45) is 16.3 Å². The summed E-state index contributed by atoms with van der Waals surface area (Å²) in [5.74, 6) is 0.349. The van der Waals surface area contributed by atoms with E-state index in [-0.39, 0.29) is 17.8 Å². The lowest BCUT2D eigenvalue weighted by Crippen LogP contribution is -2.50. The van der Waals surface area contributed by atoms with Crippen molar-refractivity contribution in [3.05, 3.63) is 12.2 Å². The van der Waals surface area contributed by atoms with Crippen molar-refractivity contribution in [3.63, 3.8) is 0 Å². The number of aromatic amines is 1. The highest BCUT2D eigenvalue weighted by Crippen LogP contribution is 2.36. The molecular weight excluding hydrogens is 272 g/mol. The lowest BCUT2D eigenvalue weighted by Gasteiger charge is -2.31. The number of oxime groups is 1. The number of aromatic nitrogens is 3. The minimum Gasteiger partial charge on any atom is -0.409 e. The standard InChI is InChI=1S/C13H22N6O2/c1-9(10-15-8-16-18-10)17-12(20)13(11(14)19-21)6-4-2-3-5-7-13/h8-9,21H,2-7H2,1H3,(H2,14,19)(H,17,20)(H,15,16,18). The predicted molar refractivity (Wildman–Crippen MR) is 76.5 cm³/mol. The second kappa shape index (κ2) is 6.55. The third kappa shape index (κ3) is 3.14. The van der Waals surface area contributed by atoms with E-state index >= 15 is 0 Å². The van der Waals surface area contributed by atoms with Crippen LogP contribution in [0.3, 0.4) is 0 Å². The van der Waals surface area contributed by atoms with Crippen molar-refractivity contribution in [1.29, 1.82) is 0 Å². The Balaban J connectivity index is 2.18. The molecule has 116 valence electrons. The summed E-state index contributed by atoms with van der Waals surface area (Å²) in [6, 6.07) is -0.313. The molecule has 8 heteroatoms. The Bertz CT molecular complexity index is 491. The summed E-state index contributed by atoms with van der Waals surface area (Å²) in [6.45, 7) is 1.81. The molecule has 0 aliphatic heterocycles. The predicted octanol–water partition coefficient (Wildman–Crippen LogP) is 1.07. The fourth-order valence-electron chi connectivity index (χ4n) is 2.85. The minimum absolute atomic E-state index is 0.00771. The van der Waals surface area contributed by atoms with Gasteiger partial charge in [0.2, 0.25) is 5.91 Å². The Morgan fingerprint density at radius 3 is 2.67 bits per heavy atom. The second-order valence-electron chi connectivity index (χ2n) is 5.55. The maximum Gasteiger partial charge on any atom is 0.234 e. The molecule has 0 saturated heterocycles. The summed E-state index contributed by atoms with van der Waals surface area (Å²) in [7, 11) is 0. The van der Waals surface area contributed by atoms with E-state index in [4.69, 9.17) is 10.9 Å². The molecule has 1 unspecified atom stereocenters. The quantitative estimate of drug-likeness (QED) is 0.217. The second-order valence-corrected chi connectivity index (χ2v) is 5.55. The van der Waals surface area contributed by atoms with Crippen molar-refractivity contribution >= 4 is 11.7 Å². The molecule has 5 N–H and O–H groups in total. The van der Waals surface area contributed by atoms with Crippen molar-refractivity contribution in [2.45, 2.75) is 51.5 Å². The van der Waals surface area contributed by atoms with Crippen molar-refractivity contribution in [1.82, 2.24) is 20.5 Å². The largest absolute Gasteiger partial charge is 0.409 e. The number of carbonyl (C=O) groups is 1. The van der Waals surface area contributed by atoms with E-state index in [0.717, 1.165) is 25.7 Å². The highest BCUT2D eigenvalue weighted by atomic mass is 16.4. The van der Waals surface area contributed by atoms with Crippen molar-refractivity contribution in [3.8, 4) is 0 Å². The average molecular weight is 294 g/mol. The number of carbonyl (C=O) groups excluding carboxylic acids is 1. The summed E-state index contributed by atoms with van der Waals surface area (Å²) < 4.78 is 0. The van der Waals surface area contributed by atoms with Gasteiger partial charge in [-0.25, -0.2) is 4.98 Å². The zero-order valence-electron chi connectivity index (χ0n) is 12.2. The van der Waals surface area contributed by atoms with Crippen LogP contribution in [0.15, 0.2) is 11.5 Å². The van der Waals surface area contributed by atoms with Crippen LogP contribution in [-0.2, 0) is 4.79 Å². The molecule has 1 atom stereocenters. The van der Waals surface area contributed by atoms with Crippen molar-refractivity contribution in [2.75, 3.05) is 0 Å². The monoisotopic (exact) mass is 294 g/mol. The maximum atomic E-state index is 12.7. The van der Waals surface area contributed by atoms with E-state index in [2.05, 4.69) is 25.7 Å². The Labute approximate surface area is 123 Å². The lowest BCUT2D eigenvalue weighted by atomic mass is 9.78. The van der Waals surface area contributed by atoms with Gasteiger partial charge in [0.25, 0.3) is 0 Å². The van der Waals surface area contributed by atoms with E-state index in [1.165, 1.54) is 6.33 Å². The van der Waals surface area contributed by atoms with Crippen LogP contribution in [-0.4, -0.2) is 32.1 Å². The number of hydrogen-bond acceptors (Lipinski definition) is 5. The molecule has 1 heterocycles. The average Bonchev–Trinajstić information content (AvgIpc) is 2.91. The number of amides is 1. The van der Waals surface area contributed by atoms with Crippen LogP contribution < -0.4 is 11.1 Å². The molecule has 21 heavy (non-hydrogen) atoms. The number of nitrogens with one attached hydrogen (secondary N) is 2. The van der Waals surface area contributed by atoms with Crippen LogP contribution in [0.2, 0.25) is 0 Å². The topological polar surface area (TPSA) is 129 Å². The van der Waals surface area contributed by atoms with Gasteiger partial charge in [0.1, 0.15) is 17.6 Å². The van der Waals surface area contributed by atoms with Gasteiger partial charge in [-0.1, -0.05) is 30.8 Å². The smallest absolute Gasteiger partial charge is 0.234 e. The molecule has 1 amide bonds. The highest BCUT2D eigenvalue weighted by Gasteiger charge is 2.43. The minimum atomic E-state index is -0.931. The fourth-order valence-corrected chi connectivity index (χ4v) is 2.85. The van der Waals surface area contributed by atoms with E-state index in [0.29, 0.717) is 18.7 Å². The Hall–Kier alpha value is -2.12. The van der Waals surface area contributed by atoms with Gasteiger partial charge in [0.05, 0.1) is 6.04 Å². The summed E-state index contributed by atoms with van der Waals surface area (Å²) >= 11 is 0. The molecule has 1 saturated carbocycles. The zero-order chi connectivity index (χ0) is 15.3. The number of amidine groups is 1. The van der Waals surface area contributed by atoms with Gasteiger partial charge in [-0.2, -0.15) is 5.10 Å². The van der Waals surface area contributed by atoms with Gasteiger partial charge in [-0.3, -0.25) is 9.89 Å². The first-order chi connectivity index (χ1) is 10.1. The maximum absolute atomic E-state index is 12.7. The van der Waals surface area contributed by atoms with Crippen LogP contribution in [0, 0.1) is 5.41 Å². The van der Waals surface area contributed by atoms with Gasteiger partial charge in [-0.05, 0) is 19.8 Å². The third-order valence-corrected chi connectivity index (χ3v) is 4.18.